The number of ether oxygens (including phenoxy) is 1. The van der Waals surface area contributed by atoms with Gasteiger partial charge in [-0.3, -0.25) is 4.90 Å². The van der Waals surface area contributed by atoms with Crippen LogP contribution in [0.2, 0.25) is 0 Å². The fraction of sp³-hybridized carbons (Fsp3) is 1.00. The van der Waals surface area contributed by atoms with Crippen LogP contribution in [-0.2, 0) is 4.74 Å². The summed E-state index contributed by atoms with van der Waals surface area (Å²) in [4.78, 5) is 2.47. The molecule has 2 fully saturated rings. The van der Waals surface area contributed by atoms with Crippen molar-refractivity contribution in [3.05, 3.63) is 0 Å². The van der Waals surface area contributed by atoms with Crippen LogP contribution >= 0.6 is 0 Å². The highest BCUT2D eigenvalue weighted by molar-refractivity contribution is 4.90. The summed E-state index contributed by atoms with van der Waals surface area (Å²) in [6, 6.07) is 0.913. The molecule has 112 valence electrons. The number of hydrogen-bond acceptors (Lipinski definition) is 4. The van der Waals surface area contributed by atoms with Crippen molar-refractivity contribution < 1.29 is 9.84 Å². The first-order chi connectivity index (χ1) is 8.80. The number of nitrogens with one attached hydrogen (secondary N) is 1. The minimum atomic E-state index is -0.0830. The normalized spacial score (nSPS) is 28.3. The molecule has 4 nitrogen and oxygen atoms in total. The molecule has 0 bridgehead atoms. The van der Waals surface area contributed by atoms with Gasteiger partial charge in [0.1, 0.15) is 0 Å². The van der Waals surface area contributed by atoms with Gasteiger partial charge in [0.05, 0.1) is 17.8 Å². The maximum Gasteiger partial charge on any atom is 0.0760 e. The van der Waals surface area contributed by atoms with Gasteiger partial charge in [-0.1, -0.05) is 0 Å². The molecule has 1 aliphatic carbocycles. The van der Waals surface area contributed by atoms with Crippen molar-refractivity contribution in [2.75, 3.05) is 26.2 Å². The summed E-state index contributed by atoms with van der Waals surface area (Å²) in [6.45, 7) is 11.9. The van der Waals surface area contributed by atoms with Crippen LogP contribution in [0, 0.1) is 0 Å². The largest absolute Gasteiger partial charge is 0.395 e. The quantitative estimate of drug-likeness (QED) is 0.765. The SMILES string of the molecule is CC1(C)CN(CCC(CO)NC2CC2)CC(C)(C)O1. The molecule has 0 aromatic heterocycles. The molecule has 1 saturated carbocycles. The number of aliphatic hydroxyl groups excluding tert-OH is 1. The molecule has 2 aliphatic rings. The van der Waals surface area contributed by atoms with Gasteiger partial charge >= 0.3 is 0 Å². The standard InChI is InChI=1S/C15H30N2O2/c1-14(2)10-17(11-15(3,4)19-14)8-7-13(9-18)16-12-5-6-12/h12-13,16,18H,5-11H2,1-4H3. The summed E-state index contributed by atoms with van der Waals surface area (Å²) in [6.07, 6.45) is 3.56. The predicted molar refractivity (Wildman–Crippen MR) is 77.3 cm³/mol. The maximum absolute atomic E-state index is 9.43. The second-order valence-corrected chi connectivity index (χ2v) is 7.44. The van der Waals surface area contributed by atoms with Gasteiger partial charge in [-0.25, -0.2) is 0 Å². The minimum absolute atomic E-state index is 0.0830. The van der Waals surface area contributed by atoms with Crippen molar-refractivity contribution in [1.29, 1.82) is 0 Å². The van der Waals surface area contributed by atoms with Crippen LogP contribution in [0.1, 0.15) is 47.0 Å². The Morgan fingerprint density at radius 3 is 2.26 bits per heavy atom. The molecule has 2 rings (SSSR count). The Morgan fingerprint density at radius 2 is 1.79 bits per heavy atom. The van der Waals surface area contributed by atoms with E-state index in [4.69, 9.17) is 4.74 Å². The third-order valence-electron chi connectivity index (χ3n) is 3.82. The second-order valence-electron chi connectivity index (χ2n) is 7.44. The Labute approximate surface area is 117 Å². The van der Waals surface area contributed by atoms with Gasteiger partial charge in [0.2, 0.25) is 0 Å². The van der Waals surface area contributed by atoms with E-state index in [1.807, 2.05) is 0 Å². The van der Waals surface area contributed by atoms with E-state index in [9.17, 15) is 5.11 Å². The van der Waals surface area contributed by atoms with Crippen molar-refractivity contribution in [2.45, 2.75) is 70.2 Å². The average Bonchev–Trinajstić information content (AvgIpc) is 3.03. The fourth-order valence-corrected chi connectivity index (χ4v) is 3.25. The van der Waals surface area contributed by atoms with E-state index in [2.05, 4.69) is 37.9 Å². The van der Waals surface area contributed by atoms with Gasteiger partial charge in [-0.05, 0) is 53.5 Å². The van der Waals surface area contributed by atoms with Gasteiger partial charge in [0, 0.05) is 25.2 Å². The van der Waals surface area contributed by atoms with Crippen LogP contribution in [0.5, 0.6) is 0 Å². The Kier molecular flexibility index (Phi) is 4.56. The third kappa shape index (κ3) is 5.03. The Balaban J connectivity index is 1.80. The lowest BCUT2D eigenvalue weighted by molar-refractivity contribution is -0.180. The third-order valence-corrected chi connectivity index (χ3v) is 3.82. The zero-order valence-electron chi connectivity index (χ0n) is 12.9. The number of hydrogen-bond donors (Lipinski definition) is 2. The monoisotopic (exact) mass is 270 g/mol. The molecule has 19 heavy (non-hydrogen) atoms. The van der Waals surface area contributed by atoms with Crippen LogP contribution in [0.25, 0.3) is 0 Å². The summed E-state index contributed by atoms with van der Waals surface area (Å²) in [7, 11) is 0. The first kappa shape index (κ1) is 15.2. The molecule has 4 heteroatoms. The van der Waals surface area contributed by atoms with E-state index >= 15 is 0 Å². The zero-order valence-corrected chi connectivity index (χ0v) is 12.9. The molecule has 1 atom stereocenters. The summed E-state index contributed by atoms with van der Waals surface area (Å²) in [5.74, 6) is 0. The van der Waals surface area contributed by atoms with Gasteiger partial charge in [-0.2, -0.15) is 0 Å². The molecule has 0 aromatic carbocycles. The first-order valence-electron chi connectivity index (χ1n) is 7.59. The summed E-state index contributed by atoms with van der Waals surface area (Å²) in [5, 5.41) is 12.9. The highest BCUT2D eigenvalue weighted by Crippen LogP contribution is 2.28. The lowest BCUT2D eigenvalue weighted by Gasteiger charge is -2.47. The highest BCUT2D eigenvalue weighted by Gasteiger charge is 2.38. The number of rotatable bonds is 6. The zero-order chi connectivity index (χ0) is 14.1. The van der Waals surface area contributed by atoms with Crippen molar-refractivity contribution in [3.63, 3.8) is 0 Å². The van der Waals surface area contributed by atoms with Gasteiger partial charge < -0.3 is 15.2 Å². The van der Waals surface area contributed by atoms with Crippen molar-refractivity contribution in [2.24, 2.45) is 0 Å². The molecule has 1 heterocycles. The fourth-order valence-electron chi connectivity index (χ4n) is 3.25. The molecule has 0 aromatic rings. The van der Waals surface area contributed by atoms with Crippen LogP contribution in [0.4, 0.5) is 0 Å². The molecule has 1 aliphatic heterocycles. The smallest absolute Gasteiger partial charge is 0.0760 e. The first-order valence-corrected chi connectivity index (χ1v) is 7.59. The number of aliphatic hydroxyl groups is 1. The van der Waals surface area contributed by atoms with E-state index in [-0.39, 0.29) is 23.9 Å². The molecule has 2 N–H and O–H groups in total. The maximum atomic E-state index is 9.43. The van der Waals surface area contributed by atoms with Crippen LogP contribution in [0.15, 0.2) is 0 Å². The average molecular weight is 270 g/mol. The summed E-state index contributed by atoms with van der Waals surface area (Å²) in [5.41, 5.74) is -0.166. The lowest BCUT2D eigenvalue weighted by Crippen LogP contribution is -2.57. The summed E-state index contributed by atoms with van der Waals surface area (Å²) < 4.78 is 6.09. The Morgan fingerprint density at radius 1 is 1.21 bits per heavy atom. The molecule has 0 spiro atoms. The number of morpholine rings is 1. The topological polar surface area (TPSA) is 44.7 Å². The molecular formula is C15H30N2O2. The van der Waals surface area contributed by atoms with Gasteiger partial charge in [0.15, 0.2) is 0 Å². The molecule has 1 saturated heterocycles. The minimum Gasteiger partial charge on any atom is -0.395 e. The lowest BCUT2D eigenvalue weighted by atomic mass is 9.98. The van der Waals surface area contributed by atoms with E-state index in [1.165, 1.54) is 12.8 Å². The van der Waals surface area contributed by atoms with Gasteiger partial charge in [0.25, 0.3) is 0 Å². The van der Waals surface area contributed by atoms with E-state index in [0.29, 0.717) is 6.04 Å². The van der Waals surface area contributed by atoms with E-state index in [1.54, 1.807) is 0 Å². The Hall–Kier alpha value is -0.160. The van der Waals surface area contributed by atoms with E-state index in [0.717, 1.165) is 26.1 Å². The van der Waals surface area contributed by atoms with Gasteiger partial charge in [-0.15, -0.1) is 0 Å². The van der Waals surface area contributed by atoms with Crippen molar-refractivity contribution in [1.82, 2.24) is 10.2 Å². The Bertz CT molecular complexity index is 285. The number of nitrogens with zero attached hydrogens (tertiary/aromatic N) is 1. The molecular weight excluding hydrogens is 240 g/mol. The molecule has 0 radical (unpaired) electrons. The van der Waals surface area contributed by atoms with Crippen molar-refractivity contribution in [3.8, 4) is 0 Å². The highest BCUT2D eigenvalue weighted by atomic mass is 16.5. The molecule has 0 amide bonds. The predicted octanol–water partition coefficient (Wildman–Crippen LogP) is 1.38. The van der Waals surface area contributed by atoms with E-state index < -0.39 is 0 Å². The van der Waals surface area contributed by atoms with Crippen LogP contribution < -0.4 is 5.32 Å². The van der Waals surface area contributed by atoms with Crippen LogP contribution in [0.3, 0.4) is 0 Å². The van der Waals surface area contributed by atoms with Crippen LogP contribution in [-0.4, -0.2) is 59.5 Å². The van der Waals surface area contributed by atoms with Crippen molar-refractivity contribution >= 4 is 0 Å². The second kappa shape index (κ2) is 5.68. The summed E-state index contributed by atoms with van der Waals surface area (Å²) >= 11 is 0. The molecule has 1 unspecified atom stereocenters.